The molecular weight excluding hydrogens is 406 g/mol. The van der Waals surface area contributed by atoms with Gasteiger partial charge in [0.25, 0.3) is 5.69 Å². The van der Waals surface area contributed by atoms with Crippen LogP contribution in [0.1, 0.15) is 29.3 Å². The number of aromatic amines is 1. The number of aromatic nitrogens is 1. The van der Waals surface area contributed by atoms with E-state index in [0.717, 1.165) is 65.8 Å². The van der Waals surface area contributed by atoms with Crippen LogP contribution in [0.25, 0.3) is 10.9 Å². The van der Waals surface area contributed by atoms with Gasteiger partial charge in [0.1, 0.15) is 11.5 Å². The first-order chi connectivity index (χ1) is 15.5. The van der Waals surface area contributed by atoms with Gasteiger partial charge in [0.15, 0.2) is 0 Å². The maximum atomic E-state index is 11.6. The zero-order chi connectivity index (χ0) is 22.4. The van der Waals surface area contributed by atoms with Gasteiger partial charge in [0.05, 0.1) is 29.0 Å². The number of nitro benzene ring substituents is 1. The summed E-state index contributed by atoms with van der Waals surface area (Å²) in [6, 6.07) is 12.7. The van der Waals surface area contributed by atoms with Crippen molar-refractivity contribution in [3.63, 3.8) is 0 Å². The molecule has 32 heavy (non-hydrogen) atoms. The molecule has 2 N–H and O–H groups in total. The van der Waals surface area contributed by atoms with Gasteiger partial charge in [0, 0.05) is 18.3 Å². The summed E-state index contributed by atoms with van der Waals surface area (Å²) < 4.78 is 5.37. The first-order valence-corrected chi connectivity index (χ1v) is 11.0. The number of nitrogens with zero attached hydrogens (tertiary/aromatic N) is 2. The van der Waals surface area contributed by atoms with Gasteiger partial charge < -0.3 is 14.8 Å². The monoisotopic (exact) mass is 433 g/mol. The van der Waals surface area contributed by atoms with E-state index in [0.29, 0.717) is 11.8 Å². The number of H-pyrrole nitrogens is 1. The van der Waals surface area contributed by atoms with Crippen molar-refractivity contribution in [1.29, 1.82) is 0 Å². The molecule has 166 valence electrons. The molecule has 0 spiro atoms. The second-order valence-corrected chi connectivity index (χ2v) is 8.92. The van der Waals surface area contributed by atoms with E-state index in [2.05, 4.69) is 16.5 Å². The summed E-state index contributed by atoms with van der Waals surface area (Å²) in [6.07, 6.45) is 2.71. The van der Waals surface area contributed by atoms with Crippen molar-refractivity contribution in [2.75, 3.05) is 20.2 Å². The average Bonchev–Trinajstić information content (AvgIpc) is 3.15. The topological polar surface area (TPSA) is 91.6 Å². The van der Waals surface area contributed by atoms with Gasteiger partial charge in [-0.15, -0.1) is 0 Å². The summed E-state index contributed by atoms with van der Waals surface area (Å²) in [4.78, 5) is 17.1. The Morgan fingerprint density at radius 2 is 2.09 bits per heavy atom. The van der Waals surface area contributed by atoms with Gasteiger partial charge in [0.2, 0.25) is 0 Å². The van der Waals surface area contributed by atoms with Crippen LogP contribution in [0.15, 0.2) is 54.8 Å². The lowest BCUT2D eigenvalue weighted by Gasteiger charge is -2.44. The molecular formula is C25H27N3O4. The molecule has 3 unspecified atom stereocenters. The van der Waals surface area contributed by atoms with E-state index < -0.39 is 0 Å². The Kier molecular flexibility index (Phi) is 5.13. The van der Waals surface area contributed by atoms with Crippen LogP contribution in [0.5, 0.6) is 5.75 Å². The summed E-state index contributed by atoms with van der Waals surface area (Å²) in [6.45, 7) is 5.52. The molecule has 3 atom stereocenters. The number of nitrogens with one attached hydrogen (secondary N) is 1. The van der Waals surface area contributed by atoms with Crippen molar-refractivity contribution >= 4 is 16.6 Å². The molecule has 2 aliphatic rings. The average molecular weight is 434 g/mol. The molecule has 1 aliphatic heterocycles. The smallest absolute Gasteiger partial charge is 0.279 e. The normalized spacial score (nSPS) is 21.5. The maximum absolute atomic E-state index is 11.6. The fourth-order valence-electron chi connectivity index (χ4n) is 5.70. The Bertz CT molecular complexity index is 1200. The minimum absolute atomic E-state index is 0.121. The lowest BCUT2D eigenvalue weighted by Crippen LogP contribution is -2.45. The number of ether oxygens (including phenoxy) is 1. The van der Waals surface area contributed by atoms with E-state index in [1.807, 2.05) is 30.3 Å². The predicted molar refractivity (Wildman–Crippen MR) is 123 cm³/mol. The van der Waals surface area contributed by atoms with Crippen LogP contribution in [0.3, 0.4) is 0 Å². The number of methoxy groups -OCH3 is 1. The van der Waals surface area contributed by atoms with E-state index in [9.17, 15) is 15.2 Å². The minimum Gasteiger partial charge on any atom is -0.511 e. The number of rotatable bonds is 5. The summed E-state index contributed by atoms with van der Waals surface area (Å²) in [5, 5.41) is 22.9. The maximum Gasteiger partial charge on any atom is 0.279 e. The Morgan fingerprint density at radius 1 is 1.28 bits per heavy atom. The summed E-state index contributed by atoms with van der Waals surface area (Å²) >= 11 is 0. The van der Waals surface area contributed by atoms with Gasteiger partial charge >= 0.3 is 0 Å². The van der Waals surface area contributed by atoms with Crippen LogP contribution < -0.4 is 4.74 Å². The lowest BCUT2D eigenvalue weighted by molar-refractivity contribution is -0.383. The highest BCUT2D eigenvalue weighted by Crippen LogP contribution is 2.43. The summed E-state index contributed by atoms with van der Waals surface area (Å²) in [7, 11) is 1.63. The molecule has 1 aromatic heterocycles. The predicted octanol–water partition coefficient (Wildman–Crippen LogP) is 4.93. The molecule has 0 saturated carbocycles. The fraction of sp³-hybridized carbons (Fsp3) is 0.360. The largest absolute Gasteiger partial charge is 0.511 e. The van der Waals surface area contributed by atoms with E-state index in [4.69, 9.17) is 4.74 Å². The Labute approximate surface area is 186 Å². The van der Waals surface area contributed by atoms with Crippen molar-refractivity contribution in [3.05, 3.63) is 81.7 Å². The Balaban J connectivity index is 1.46. The van der Waals surface area contributed by atoms with Crippen molar-refractivity contribution < 1.29 is 14.8 Å². The number of hydrogen-bond donors (Lipinski definition) is 2. The quantitative estimate of drug-likeness (QED) is 0.338. The van der Waals surface area contributed by atoms with Crippen LogP contribution in [0.2, 0.25) is 0 Å². The second kappa shape index (κ2) is 7.98. The third-order valence-electron chi connectivity index (χ3n) is 7.14. The molecule has 2 aromatic carbocycles. The van der Waals surface area contributed by atoms with E-state index in [1.165, 1.54) is 0 Å². The van der Waals surface area contributed by atoms with Gasteiger partial charge in [-0.3, -0.25) is 15.0 Å². The highest BCUT2D eigenvalue weighted by Gasteiger charge is 2.39. The number of aliphatic hydroxyl groups excluding tert-OH is 1. The number of benzene rings is 2. The van der Waals surface area contributed by atoms with Gasteiger partial charge in [-0.1, -0.05) is 24.8 Å². The highest BCUT2D eigenvalue weighted by atomic mass is 16.6. The third kappa shape index (κ3) is 3.42. The summed E-state index contributed by atoms with van der Waals surface area (Å²) in [5.41, 5.74) is 4.19. The van der Waals surface area contributed by atoms with Crippen LogP contribution in [-0.2, 0) is 12.8 Å². The molecule has 0 radical (unpaired) electrons. The molecule has 3 aromatic rings. The summed E-state index contributed by atoms with van der Waals surface area (Å²) in [5.74, 6) is 1.75. The van der Waals surface area contributed by atoms with Crippen molar-refractivity contribution in [2.24, 2.45) is 11.8 Å². The first-order valence-electron chi connectivity index (χ1n) is 11.0. The standard InChI is InChI=1S/C25H27N3O4/c1-15(29)25(17-5-3-6-19(11-17)32-2)27-10-9-16-13-22-20(12-18(16)14-27)24-21(26-22)7-4-8-23(24)28(30)31/h3-8,11,16,18,25-26,29H,1,9-10,12-14H2,2H3. The molecule has 0 amide bonds. The fourth-order valence-corrected chi connectivity index (χ4v) is 5.70. The van der Waals surface area contributed by atoms with Crippen LogP contribution in [0.4, 0.5) is 5.69 Å². The van der Waals surface area contributed by atoms with E-state index in [-0.39, 0.29) is 22.4 Å². The Hall–Kier alpha value is -3.32. The molecule has 1 aliphatic carbocycles. The number of likely N-dealkylation sites (tertiary alicyclic amines) is 1. The molecule has 7 heteroatoms. The number of piperidine rings is 1. The molecule has 1 saturated heterocycles. The first kappa shape index (κ1) is 20.6. The number of nitro groups is 1. The van der Waals surface area contributed by atoms with Crippen LogP contribution in [0, 0.1) is 22.0 Å². The van der Waals surface area contributed by atoms with Gasteiger partial charge in [-0.25, -0.2) is 0 Å². The number of hydrogen-bond acceptors (Lipinski definition) is 5. The SMILES string of the molecule is C=C(O)C(c1cccc(OC)c1)N1CCC2Cc3[nH]c4cccc([N+](=O)[O-])c4c3CC2C1. The zero-order valence-electron chi connectivity index (χ0n) is 18.1. The Morgan fingerprint density at radius 3 is 2.84 bits per heavy atom. The molecule has 5 rings (SSSR count). The van der Waals surface area contributed by atoms with Gasteiger partial charge in [-0.05, 0) is 67.0 Å². The molecule has 2 heterocycles. The van der Waals surface area contributed by atoms with Crippen molar-refractivity contribution in [2.45, 2.75) is 25.3 Å². The van der Waals surface area contributed by atoms with Gasteiger partial charge in [-0.2, -0.15) is 0 Å². The number of non-ortho nitro benzene ring substituents is 1. The van der Waals surface area contributed by atoms with Crippen molar-refractivity contribution in [1.82, 2.24) is 9.88 Å². The number of fused-ring (bicyclic) bond motifs is 4. The lowest BCUT2D eigenvalue weighted by atomic mass is 9.73. The van der Waals surface area contributed by atoms with E-state index >= 15 is 0 Å². The second-order valence-electron chi connectivity index (χ2n) is 8.92. The molecule has 1 fully saturated rings. The number of aliphatic hydroxyl groups is 1. The van der Waals surface area contributed by atoms with E-state index in [1.54, 1.807) is 19.2 Å². The van der Waals surface area contributed by atoms with Crippen LogP contribution in [-0.4, -0.2) is 40.1 Å². The zero-order valence-corrected chi connectivity index (χ0v) is 18.1. The minimum atomic E-state index is -0.301. The highest BCUT2D eigenvalue weighted by molar-refractivity contribution is 5.93. The molecule has 7 nitrogen and oxygen atoms in total. The third-order valence-corrected chi connectivity index (χ3v) is 7.14. The van der Waals surface area contributed by atoms with Crippen molar-refractivity contribution in [3.8, 4) is 5.75 Å². The van der Waals surface area contributed by atoms with Crippen LogP contribution >= 0.6 is 0 Å². The molecule has 0 bridgehead atoms.